The molecular weight excluding hydrogens is 472 g/mol. The average molecular weight is 497 g/mol. The van der Waals surface area contributed by atoms with Gasteiger partial charge in [-0.2, -0.15) is 0 Å². The molecule has 1 N–H and O–H groups in total. The Labute approximate surface area is 209 Å². The average Bonchev–Trinajstić information content (AvgIpc) is 2.89. The minimum Gasteiger partial charge on any atom is -0.496 e. The fourth-order valence-corrected chi connectivity index (χ4v) is 5.12. The molecule has 0 saturated heterocycles. The van der Waals surface area contributed by atoms with Crippen LogP contribution in [0.5, 0.6) is 5.75 Å². The summed E-state index contributed by atoms with van der Waals surface area (Å²) in [7, 11) is -2.19. The fourth-order valence-electron chi connectivity index (χ4n) is 4.07. The summed E-state index contributed by atoms with van der Waals surface area (Å²) in [6.45, 7) is 4.19. The first kappa shape index (κ1) is 23.4. The van der Waals surface area contributed by atoms with Gasteiger partial charge in [-0.25, -0.2) is 18.4 Å². The number of benzene rings is 3. The van der Waals surface area contributed by atoms with Gasteiger partial charge in [0, 0.05) is 23.3 Å². The smallest absolute Gasteiger partial charge is 0.263 e. The number of anilines is 1. The van der Waals surface area contributed by atoms with Gasteiger partial charge >= 0.3 is 0 Å². The maximum absolute atomic E-state index is 12.9. The van der Waals surface area contributed by atoms with Crippen molar-refractivity contribution in [1.29, 1.82) is 0 Å². The molecule has 5 aromatic rings. The van der Waals surface area contributed by atoms with Crippen molar-refractivity contribution in [2.75, 3.05) is 11.8 Å². The third-order valence-electron chi connectivity index (χ3n) is 6.16. The lowest BCUT2D eigenvalue weighted by Gasteiger charge is -2.14. The zero-order valence-corrected chi connectivity index (χ0v) is 20.9. The summed E-state index contributed by atoms with van der Waals surface area (Å²) in [6, 6.07) is 20.7. The molecule has 3 aromatic carbocycles. The predicted octanol–water partition coefficient (Wildman–Crippen LogP) is 5.79. The molecule has 0 unspecified atom stereocenters. The minimum atomic E-state index is -3.82. The van der Waals surface area contributed by atoms with Crippen LogP contribution in [-0.2, 0) is 10.0 Å². The van der Waals surface area contributed by atoms with Crippen molar-refractivity contribution < 1.29 is 13.2 Å². The van der Waals surface area contributed by atoms with Crippen LogP contribution in [0, 0.1) is 13.8 Å². The number of aromatic nitrogens is 3. The van der Waals surface area contributed by atoms with Crippen molar-refractivity contribution in [1.82, 2.24) is 15.0 Å². The summed E-state index contributed by atoms with van der Waals surface area (Å²) in [5.74, 6) is 0.891. The van der Waals surface area contributed by atoms with Crippen molar-refractivity contribution in [3.8, 4) is 28.1 Å². The maximum atomic E-state index is 12.9. The Morgan fingerprint density at radius 2 is 1.61 bits per heavy atom. The van der Waals surface area contributed by atoms with E-state index in [0.717, 1.165) is 27.5 Å². The van der Waals surface area contributed by atoms with Crippen molar-refractivity contribution >= 4 is 26.6 Å². The third kappa shape index (κ3) is 4.50. The van der Waals surface area contributed by atoms with Gasteiger partial charge in [-0.15, -0.1) is 0 Å². The number of sulfonamides is 1. The number of pyridine rings is 1. The monoisotopic (exact) mass is 496 g/mol. The van der Waals surface area contributed by atoms with Crippen LogP contribution in [0.2, 0.25) is 0 Å². The third-order valence-corrected chi connectivity index (χ3v) is 7.52. The Balaban J connectivity index is 1.55. The molecule has 5 rings (SSSR count). The van der Waals surface area contributed by atoms with Crippen LogP contribution < -0.4 is 9.46 Å². The first-order valence-electron chi connectivity index (χ1n) is 11.3. The Morgan fingerprint density at radius 1 is 0.806 bits per heavy atom. The fraction of sp³-hybridized carbons (Fsp3) is 0.107. The van der Waals surface area contributed by atoms with Gasteiger partial charge in [0.2, 0.25) is 0 Å². The quantitative estimate of drug-likeness (QED) is 0.320. The zero-order chi connectivity index (χ0) is 25.3. The van der Waals surface area contributed by atoms with E-state index in [2.05, 4.69) is 51.7 Å². The molecule has 2 heterocycles. The lowest BCUT2D eigenvalue weighted by molar-refractivity contribution is 0.416. The molecule has 0 bridgehead atoms. The number of hydrogen-bond acceptors (Lipinski definition) is 6. The molecule has 0 aliphatic heterocycles. The molecular formula is C28H24N4O3S. The lowest BCUT2D eigenvalue weighted by Crippen LogP contribution is -2.13. The second kappa shape index (κ2) is 9.39. The first-order valence-corrected chi connectivity index (χ1v) is 12.8. The molecule has 0 aliphatic carbocycles. The van der Waals surface area contributed by atoms with Gasteiger partial charge in [-0.05, 0) is 77.9 Å². The van der Waals surface area contributed by atoms with Crippen LogP contribution in [0.4, 0.5) is 5.82 Å². The number of hydrogen-bond donors (Lipinski definition) is 1. The number of nitrogens with one attached hydrogen (secondary N) is 1. The van der Waals surface area contributed by atoms with E-state index in [1.165, 1.54) is 29.7 Å². The van der Waals surface area contributed by atoms with E-state index in [0.29, 0.717) is 11.4 Å². The van der Waals surface area contributed by atoms with Crippen molar-refractivity contribution in [2.45, 2.75) is 18.7 Å². The maximum Gasteiger partial charge on any atom is 0.263 e. The Kier molecular flexibility index (Phi) is 6.12. The summed E-state index contributed by atoms with van der Waals surface area (Å²) in [5.41, 5.74) is 6.17. The van der Waals surface area contributed by atoms with E-state index >= 15 is 0 Å². The molecule has 0 aliphatic rings. The van der Waals surface area contributed by atoms with Crippen LogP contribution in [0.3, 0.4) is 0 Å². The molecule has 0 saturated carbocycles. The van der Waals surface area contributed by atoms with E-state index in [1.54, 1.807) is 37.6 Å². The number of ether oxygens (including phenoxy) is 1. The highest BCUT2D eigenvalue weighted by Crippen LogP contribution is 2.37. The summed E-state index contributed by atoms with van der Waals surface area (Å²) >= 11 is 0. The molecule has 36 heavy (non-hydrogen) atoms. The number of nitrogens with zero attached hydrogens (tertiary/aromatic N) is 3. The van der Waals surface area contributed by atoms with Crippen LogP contribution in [-0.4, -0.2) is 30.5 Å². The molecule has 8 heteroatoms. The molecule has 0 atom stereocenters. The lowest BCUT2D eigenvalue weighted by atomic mass is 9.97. The van der Waals surface area contributed by atoms with Crippen molar-refractivity contribution in [3.05, 3.63) is 96.6 Å². The van der Waals surface area contributed by atoms with E-state index in [1.807, 2.05) is 18.2 Å². The van der Waals surface area contributed by atoms with Crippen LogP contribution >= 0.6 is 0 Å². The Hall–Kier alpha value is -4.30. The summed E-state index contributed by atoms with van der Waals surface area (Å²) in [4.78, 5) is 12.5. The Morgan fingerprint density at radius 3 is 2.36 bits per heavy atom. The number of methoxy groups -OCH3 is 1. The van der Waals surface area contributed by atoms with Crippen molar-refractivity contribution in [3.63, 3.8) is 0 Å². The van der Waals surface area contributed by atoms with E-state index in [-0.39, 0.29) is 10.7 Å². The largest absolute Gasteiger partial charge is 0.496 e. The summed E-state index contributed by atoms with van der Waals surface area (Å²) in [6.07, 6.45) is 4.43. The highest BCUT2D eigenvalue weighted by molar-refractivity contribution is 7.92. The van der Waals surface area contributed by atoms with Crippen LogP contribution in [0.1, 0.15) is 11.1 Å². The highest BCUT2D eigenvalue weighted by Gasteiger charge is 2.18. The van der Waals surface area contributed by atoms with E-state index in [4.69, 9.17) is 4.74 Å². The molecule has 0 radical (unpaired) electrons. The highest BCUT2D eigenvalue weighted by atomic mass is 32.2. The number of fused-ring (bicyclic) bond motifs is 1. The van der Waals surface area contributed by atoms with Gasteiger partial charge in [-0.3, -0.25) is 9.71 Å². The topological polar surface area (TPSA) is 94.1 Å². The van der Waals surface area contributed by atoms with Gasteiger partial charge in [0.1, 0.15) is 17.9 Å². The van der Waals surface area contributed by atoms with Gasteiger partial charge in [0.25, 0.3) is 10.0 Å². The second-order valence-electron chi connectivity index (χ2n) is 8.46. The molecule has 2 aromatic heterocycles. The van der Waals surface area contributed by atoms with E-state index in [9.17, 15) is 8.42 Å². The molecule has 0 amide bonds. The SMILES string of the molecule is COc1cc(-c2ccc(C)c(C)c2)ccc1-c1nccc2cc(S(=O)(=O)Nc3ccncn3)ccc12. The molecule has 7 nitrogen and oxygen atoms in total. The van der Waals surface area contributed by atoms with Crippen LogP contribution in [0.15, 0.2) is 90.3 Å². The molecule has 180 valence electrons. The van der Waals surface area contributed by atoms with Gasteiger partial charge < -0.3 is 4.74 Å². The van der Waals surface area contributed by atoms with E-state index < -0.39 is 10.0 Å². The normalized spacial score (nSPS) is 11.4. The summed E-state index contributed by atoms with van der Waals surface area (Å²) in [5, 5.41) is 1.56. The minimum absolute atomic E-state index is 0.128. The first-order chi connectivity index (χ1) is 17.4. The number of rotatable bonds is 6. The molecule has 0 spiro atoms. The second-order valence-corrected chi connectivity index (χ2v) is 10.1. The van der Waals surface area contributed by atoms with Gasteiger partial charge in [0.15, 0.2) is 0 Å². The predicted molar refractivity (Wildman–Crippen MR) is 141 cm³/mol. The van der Waals surface area contributed by atoms with Gasteiger partial charge in [-0.1, -0.05) is 30.3 Å². The standard InChI is InChI=1S/C28H24N4O3S/c1-18-4-5-20(14-19(18)2)21-6-8-25(26(16-21)35-3)28-24-9-7-23(15-22(24)10-13-30-28)36(33,34)32-27-11-12-29-17-31-27/h4-17H,1-3H3,(H,29,31,32). The van der Waals surface area contributed by atoms with Gasteiger partial charge in [0.05, 0.1) is 17.7 Å². The summed E-state index contributed by atoms with van der Waals surface area (Å²) < 4.78 is 34.1. The zero-order valence-electron chi connectivity index (χ0n) is 20.1. The molecule has 0 fully saturated rings. The number of aryl methyl sites for hydroxylation is 2. The van der Waals surface area contributed by atoms with Crippen LogP contribution in [0.25, 0.3) is 33.2 Å². The van der Waals surface area contributed by atoms with Crippen molar-refractivity contribution in [2.24, 2.45) is 0 Å². The Bertz CT molecular complexity index is 1690.